The number of anilines is 1. The number of likely N-dealkylation sites (N-methyl/N-ethyl adjacent to an activating group) is 1. The summed E-state index contributed by atoms with van der Waals surface area (Å²) in [4.78, 5) is 35.3. The Balaban J connectivity index is 1.54. The van der Waals surface area contributed by atoms with Crippen LogP contribution in [0.5, 0.6) is 0 Å². The zero-order valence-electron chi connectivity index (χ0n) is 17.9. The first-order chi connectivity index (χ1) is 16.0. The molecular formula is C24H21ClN4O2S2. The van der Waals surface area contributed by atoms with E-state index in [1.807, 2.05) is 30.3 Å². The number of hydrogen-bond acceptors (Lipinski definition) is 6. The second-order valence-corrected chi connectivity index (χ2v) is 10.3. The standard InChI is InChI=1S/C24H21ClN4O2S2/c1-28-12-11-18-19(13-28)33-22-21(18)23(31)29(17-9-7-15(25)8-10-17)24(27-22)32-14-20(30)26-16-5-3-2-4-6-16/h2-10H,11-14H2,1H3,(H,26,30). The Labute approximate surface area is 204 Å². The van der Waals surface area contributed by atoms with E-state index in [4.69, 9.17) is 16.6 Å². The van der Waals surface area contributed by atoms with Crippen molar-refractivity contribution in [3.05, 3.63) is 80.4 Å². The lowest BCUT2D eigenvalue weighted by molar-refractivity contribution is -0.113. The number of nitrogens with zero attached hydrogens (tertiary/aromatic N) is 3. The molecule has 3 heterocycles. The first kappa shape index (κ1) is 22.2. The van der Waals surface area contributed by atoms with Gasteiger partial charge in [-0.05, 0) is 55.4 Å². The summed E-state index contributed by atoms with van der Waals surface area (Å²) >= 11 is 8.91. The van der Waals surface area contributed by atoms with Crippen molar-refractivity contribution in [2.45, 2.75) is 18.1 Å². The molecule has 0 bridgehead atoms. The molecule has 0 unspecified atom stereocenters. The molecule has 9 heteroatoms. The molecule has 2 aromatic heterocycles. The molecule has 0 radical (unpaired) electrons. The number of nitrogens with one attached hydrogen (secondary N) is 1. The van der Waals surface area contributed by atoms with Crippen LogP contribution in [0, 0.1) is 0 Å². The molecular weight excluding hydrogens is 476 g/mol. The monoisotopic (exact) mass is 496 g/mol. The van der Waals surface area contributed by atoms with Crippen LogP contribution in [0.15, 0.2) is 64.5 Å². The van der Waals surface area contributed by atoms with E-state index in [2.05, 4.69) is 17.3 Å². The van der Waals surface area contributed by atoms with Crippen LogP contribution in [0.25, 0.3) is 15.9 Å². The molecule has 0 saturated heterocycles. The third kappa shape index (κ3) is 4.56. The third-order valence-electron chi connectivity index (χ3n) is 5.51. The van der Waals surface area contributed by atoms with Crippen molar-refractivity contribution in [3.8, 4) is 5.69 Å². The lowest BCUT2D eigenvalue weighted by atomic mass is 10.1. The Bertz CT molecular complexity index is 1380. The van der Waals surface area contributed by atoms with Gasteiger partial charge >= 0.3 is 0 Å². The van der Waals surface area contributed by atoms with Gasteiger partial charge in [0.25, 0.3) is 5.56 Å². The molecule has 168 valence electrons. The molecule has 0 saturated carbocycles. The van der Waals surface area contributed by atoms with Gasteiger partial charge < -0.3 is 10.2 Å². The van der Waals surface area contributed by atoms with Gasteiger partial charge in [0.15, 0.2) is 5.16 Å². The smallest absolute Gasteiger partial charge is 0.267 e. The van der Waals surface area contributed by atoms with Crippen molar-refractivity contribution in [1.29, 1.82) is 0 Å². The zero-order chi connectivity index (χ0) is 22.9. The Kier molecular flexibility index (Phi) is 6.25. The fourth-order valence-corrected chi connectivity index (χ4v) is 6.19. The molecule has 33 heavy (non-hydrogen) atoms. The lowest BCUT2D eigenvalue weighted by Crippen LogP contribution is -2.27. The number of thioether (sulfide) groups is 1. The predicted octanol–water partition coefficient (Wildman–Crippen LogP) is 4.82. The highest BCUT2D eigenvalue weighted by Gasteiger charge is 2.24. The van der Waals surface area contributed by atoms with Gasteiger partial charge in [0.2, 0.25) is 5.91 Å². The first-order valence-electron chi connectivity index (χ1n) is 10.5. The molecule has 0 aliphatic carbocycles. The summed E-state index contributed by atoms with van der Waals surface area (Å²) in [6.45, 7) is 1.73. The van der Waals surface area contributed by atoms with Crippen LogP contribution < -0.4 is 10.9 Å². The maximum absolute atomic E-state index is 13.8. The van der Waals surface area contributed by atoms with Crippen molar-refractivity contribution in [1.82, 2.24) is 14.5 Å². The number of para-hydroxylation sites is 1. The third-order valence-corrected chi connectivity index (χ3v) is 7.81. The number of thiophene rings is 1. The lowest BCUT2D eigenvalue weighted by Gasteiger charge is -2.21. The van der Waals surface area contributed by atoms with Gasteiger partial charge in [-0.2, -0.15) is 0 Å². The van der Waals surface area contributed by atoms with Crippen molar-refractivity contribution in [2.75, 3.05) is 24.7 Å². The highest BCUT2D eigenvalue weighted by atomic mass is 35.5. The summed E-state index contributed by atoms with van der Waals surface area (Å²) in [5.74, 6) is -0.0239. The van der Waals surface area contributed by atoms with Crippen LogP contribution >= 0.6 is 34.7 Å². The van der Waals surface area contributed by atoms with E-state index in [-0.39, 0.29) is 17.2 Å². The molecule has 1 aliphatic rings. The van der Waals surface area contributed by atoms with Crippen molar-refractivity contribution in [2.24, 2.45) is 0 Å². The highest BCUT2D eigenvalue weighted by molar-refractivity contribution is 7.99. The minimum Gasteiger partial charge on any atom is -0.325 e. The minimum atomic E-state index is -0.157. The molecule has 0 atom stereocenters. The van der Waals surface area contributed by atoms with Crippen LogP contribution in [0.1, 0.15) is 10.4 Å². The van der Waals surface area contributed by atoms with E-state index in [1.54, 1.807) is 40.2 Å². The van der Waals surface area contributed by atoms with Crippen LogP contribution in [0.2, 0.25) is 5.02 Å². The molecule has 5 rings (SSSR count). The summed E-state index contributed by atoms with van der Waals surface area (Å²) in [6, 6.07) is 16.4. The van der Waals surface area contributed by atoms with Gasteiger partial charge in [0.1, 0.15) is 4.83 Å². The Morgan fingerprint density at radius 2 is 1.94 bits per heavy atom. The second kappa shape index (κ2) is 9.30. The maximum atomic E-state index is 13.8. The number of aromatic nitrogens is 2. The largest absolute Gasteiger partial charge is 0.325 e. The number of carbonyl (C=O) groups excluding carboxylic acids is 1. The van der Waals surface area contributed by atoms with Gasteiger partial charge in [-0.15, -0.1) is 11.3 Å². The van der Waals surface area contributed by atoms with Gasteiger partial charge in [0, 0.05) is 28.7 Å². The maximum Gasteiger partial charge on any atom is 0.267 e. The number of amides is 1. The van der Waals surface area contributed by atoms with Gasteiger partial charge in [-0.3, -0.25) is 14.2 Å². The number of carbonyl (C=O) groups is 1. The molecule has 0 spiro atoms. The minimum absolute atomic E-state index is 0.102. The fraction of sp³-hybridized carbons (Fsp3) is 0.208. The van der Waals surface area contributed by atoms with E-state index >= 15 is 0 Å². The molecule has 1 amide bonds. The molecule has 0 fully saturated rings. The quantitative estimate of drug-likeness (QED) is 0.317. The number of rotatable bonds is 5. The Morgan fingerprint density at radius 3 is 2.70 bits per heavy atom. The summed E-state index contributed by atoms with van der Waals surface area (Å²) in [5, 5.41) is 4.65. The van der Waals surface area contributed by atoms with E-state index in [0.29, 0.717) is 21.3 Å². The van der Waals surface area contributed by atoms with Crippen LogP contribution in [-0.2, 0) is 17.8 Å². The molecule has 6 nitrogen and oxygen atoms in total. The molecule has 1 N–H and O–H groups in total. The van der Waals surface area contributed by atoms with E-state index in [9.17, 15) is 9.59 Å². The number of fused-ring (bicyclic) bond motifs is 3. The topological polar surface area (TPSA) is 67.2 Å². The average Bonchev–Trinajstić information content (AvgIpc) is 3.17. The predicted molar refractivity (Wildman–Crippen MR) is 136 cm³/mol. The molecule has 4 aromatic rings. The first-order valence-corrected chi connectivity index (χ1v) is 12.7. The summed E-state index contributed by atoms with van der Waals surface area (Å²) in [7, 11) is 2.08. The van der Waals surface area contributed by atoms with Crippen LogP contribution in [0.3, 0.4) is 0 Å². The van der Waals surface area contributed by atoms with Crippen molar-refractivity contribution in [3.63, 3.8) is 0 Å². The van der Waals surface area contributed by atoms with Crippen LogP contribution in [0.4, 0.5) is 5.69 Å². The van der Waals surface area contributed by atoms with E-state index < -0.39 is 0 Å². The van der Waals surface area contributed by atoms with Gasteiger partial charge in [0.05, 0.1) is 16.8 Å². The number of hydrogen-bond donors (Lipinski definition) is 1. The fourth-order valence-electron chi connectivity index (χ4n) is 3.91. The van der Waals surface area contributed by atoms with Crippen LogP contribution in [-0.4, -0.2) is 39.7 Å². The number of halogens is 1. The van der Waals surface area contributed by atoms with Gasteiger partial charge in [-0.25, -0.2) is 4.98 Å². The van der Waals surface area contributed by atoms with E-state index in [1.165, 1.54) is 16.6 Å². The average molecular weight is 497 g/mol. The van der Waals surface area contributed by atoms with Crippen molar-refractivity contribution < 1.29 is 4.79 Å². The van der Waals surface area contributed by atoms with Gasteiger partial charge in [-0.1, -0.05) is 41.6 Å². The van der Waals surface area contributed by atoms with E-state index in [0.717, 1.165) is 35.6 Å². The SMILES string of the molecule is CN1CCc2c(sc3nc(SCC(=O)Nc4ccccc4)n(-c4ccc(Cl)cc4)c(=O)c23)C1. The van der Waals surface area contributed by atoms with Crippen molar-refractivity contribution >= 4 is 56.5 Å². The molecule has 1 aliphatic heterocycles. The summed E-state index contributed by atoms with van der Waals surface area (Å²) < 4.78 is 1.60. The highest BCUT2D eigenvalue weighted by Crippen LogP contribution is 2.34. The summed E-state index contributed by atoms with van der Waals surface area (Å²) in [6.07, 6.45) is 0.829. The Morgan fingerprint density at radius 1 is 1.18 bits per heavy atom. The molecule has 2 aromatic carbocycles. The number of benzene rings is 2. The Hall–Kier alpha value is -2.65. The second-order valence-electron chi connectivity index (χ2n) is 7.89. The zero-order valence-corrected chi connectivity index (χ0v) is 20.3. The summed E-state index contributed by atoms with van der Waals surface area (Å²) in [5.41, 5.74) is 2.41. The normalized spacial score (nSPS) is 13.8.